The number of likely N-dealkylation sites (tertiary alicyclic amines) is 1. The molecule has 1 saturated heterocycles. The van der Waals surface area contributed by atoms with Crippen molar-refractivity contribution in [1.29, 1.82) is 0 Å². The lowest BCUT2D eigenvalue weighted by Gasteiger charge is -2.19. The monoisotopic (exact) mass is 344 g/mol. The van der Waals surface area contributed by atoms with Gasteiger partial charge in [0.15, 0.2) is 5.13 Å². The summed E-state index contributed by atoms with van der Waals surface area (Å²) in [5.74, 6) is 0.663. The summed E-state index contributed by atoms with van der Waals surface area (Å²) in [6.45, 7) is 4.04. The Morgan fingerprint density at radius 2 is 2.33 bits per heavy atom. The highest BCUT2D eigenvalue weighted by molar-refractivity contribution is 7.15. The third kappa shape index (κ3) is 2.97. The van der Waals surface area contributed by atoms with Gasteiger partial charge in [0.25, 0.3) is 0 Å². The summed E-state index contributed by atoms with van der Waals surface area (Å²) in [5, 5.41) is 4.98. The van der Waals surface area contributed by atoms with Gasteiger partial charge in [-0.05, 0) is 19.1 Å². The maximum atomic E-state index is 6.17. The average molecular weight is 344 g/mol. The minimum absolute atomic E-state index is 0.143. The van der Waals surface area contributed by atoms with E-state index in [1.165, 1.54) is 4.88 Å². The van der Waals surface area contributed by atoms with Crippen LogP contribution in [0.5, 0.6) is 5.88 Å². The fraction of sp³-hybridized carbons (Fsp3) is 0.412. The Morgan fingerprint density at radius 1 is 1.42 bits per heavy atom. The number of hydrogen-bond donors (Lipinski definition) is 1. The summed E-state index contributed by atoms with van der Waals surface area (Å²) in [7, 11) is 1.90. The molecule has 1 aliphatic rings. The molecule has 6 nitrogen and oxygen atoms in total. The second-order valence-corrected chi connectivity index (χ2v) is 7.20. The fourth-order valence-electron chi connectivity index (χ4n) is 3.17. The standard InChI is InChI=1S/C17H20N4O2S/c1-11-7-12(9-21(11)10-13-8-20-17(18-2)24-13)23-16-14-4-6-22-15(14)3-5-19-16/h3-6,8,11-12H,7,9-10H2,1-2H3,(H,18,20). The molecule has 0 saturated carbocycles. The van der Waals surface area contributed by atoms with E-state index < -0.39 is 0 Å². The molecule has 1 aliphatic heterocycles. The van der Waals surface area contributed by atoms with E-state index in [2.05, 4.69) is 27.1 Å². The molecule has 3 aromatic heterocycles. The molecule has 1 N–H and O–H groups in total. The van der Waals surface area contributed by atoms with Gasteiger partial charge in [-0.25, -0.2) is 9.97 Å². The highest BCUT2D eigenvalue weighted by atomic mass is 32.1. The Hall–Kier alpha value is -2.12. The Morgan fingerprint density at radius 3 is 3.17 bits per heavy atom. The Bertz CT molecular complexity index is 831. The van der Waals surface area contributed by atoms with Crippen molar-refractivity contribution in [3.8, 4) is 5.88 Å². The first-order chi connectivity index (χ1) is 11.7. The summed E-state index contributed by atoms with van der Waals surface area (Å²) in [4.78, 5) is 12.4. The van der Waals surface area contributed by atoms with Crippen molar-refractivity contribution in [1.82, 2.24) is 14.9 Å². The topological polar surface area (TPSA) is 63.4 Å². The maximum Gasteiger partial charge on any atom is 0.224 e. The molecule has 0 spiro atoms. The van der Waals surface area contributed by atoms with E-state index in [-0.39, 0.29) is 6.10 Å². The first-order valence-corrected chi connectivity index (χ1v) is 8.90. The van der Waals surface area contributed by atoms with Crippen LogP contribution in [0.1, 0.15) is 18.2 Å². The third-order valence-corrected chi connectivity index (χ3v) is 5.41. The van der Waals surface area contributed by atoms with E-state index in [9.17, 15) is 0 Å². The number of nitrogens with one attached hydrogen (secondary N) is 1. The van der Waals surface area contributed by atoms with E-state index in [1.807, 2.05) is 25.4 Å². The van der Waals surface area contributed by atoms with Crippen molar-refractivity contribution in [2.45, 2.75) is 32.0 Å². The number of rotatable bonds is 5. The molecule has 0 aromatic carbocycles. The number of anilines is 1. The van der Waals surface area contributed by atoms with Gasteiger partial charge in [0.1, 0.15) is 11.7 Å². The van der Waals surface area contributed by atoms with Crippen LogP contribution in [0, 0.1) is 0 Å². The largest absolute Gasteiger partial charge is 0.472 e. The van der Waals surface area contributed by atoms with Gasteiger partial charge in [-0.2, -0.15) is 0 Å². The zero-order valence-corrected chi connectivity index (χ0v) is 14.5. The molecule has 0 amide bonds. The smallest absolute Gasteiger partial charge is 0.224 e. The number of thiazole rings is 1. The van der Waals surface area contributed by atoms with Crippen LogP contribution >= 0.6 is 11.3 Å². The summed E-state index contributed by atoms with van der Waals surface area (Å²) < 4.78 is 11.6. The van der Waals surface area contributed by atoms with Gasteiger partial charge in [-0.15, -0.1) is 11.3 Å². The number of hydrogen-bond acceptors (Lipinski definition) is 7. The Balaban J connectivity index is 1.44. The number of nitrogens with zero attached hydrogens (tertiary/aromatic N) is 3. The van der Waals surface area contributed by atoms with Crippen molar-refractivity contribution in [3.63, 3.8) is 0 Å². The molecule has 7 heteroatoms. The van der Waals surface area contributed by atoms with Gasteiger partial charge < -0.3 is 14.5 Å². The number of pyridine rings is 1. The van der Waals surface area contributed by atoms with Crippen LogP contribution < -0.4 is 10.1 Å². The quantitative estimate of drug-likeness (QED) is 0.766. The van der Waals surface area contributed by atoms with Gasteiger partial charge in [-0.1, -0.05) is 0 Å². The lowest BCUT2D eigenvalue weighted by atomic mass is 10.2. The molecule has 0 bridgehead atoms. The van der Waals surface area contributed by atoms with Crippen LogP contribution in [-0.2, 0) is 6.54 Å². The van der Waals surface area contributed by atoms with Crippen LogP contribution in [0.2, 0.25) is 0 Å². The molecule has 0 radical (unpaired) electrons. The molecule has 126 valence electrons. The molecule has 4 rings (SSSR count). The van der Waals surface area contributed by atoms with Gasteiger partial charge in [0.05, 0.1) is 11.6 Å². The highest BCUT2D eigenvalue weighted by Crippen LogP contribution is 2.29. The molecule has 0 aliphatic carbocycles. The van der Waals surface area contributed by atoms with Crippen molar-refractivity contribution in [2.75, 3.05) is 18.9 Å². The van der Waals surface area contributed by atoms with E-state index >= 15 is 0 Å². The fourth-order valence-corrected chi connectivity index (χ4v) is 3.96. The van der Waals surface area contributed by atoms with E-state index in [0.717, 1.165) is 35.6 Å². The predicted octanol–water partition coefficient (Wildman–Crippen LogP) is 3.37. The van der Waals surface area contributed by atoms with Crippen LogP contribution in [0.4, 0.5) is 5.13 Å². The molecule has 4 heterocycles. The molecular formula is C17H20N4O2S. The minimum atomic E-state index is 0.143. The lowest BCUT2D eigenvalue weighted by Crippen LogP contribution is -2.27. The Kier molecular flexibility index (Phi) is 4.12. The van der Waals surface area contributed by atoms with Crippen molar-refractivity contribution in [2.24, 2.45) is 0 Å². The van der Waals surface area contributed by atoms with E-state index in [1.54, 1.807) is 23.8 Å². The first kappa shape index (κ1) is 15.4. The van der Waals surface area contributed by atoms with Gasteiger partial charge in [0, 0.05) is 49.9 Å². The summed E-state index contributed by atoms with van der Waals surface area (Å²) in [5.41, 5.74) is 0.812. The molecule has 3 aromatic rings. The summed E-state index contributed by atoms with van der Waals surface area (Å²) in [6.07, 6.45) is 6.49. The minimum Gasteiger partial charge on any atom is -0.472 e. The Labute approximate surface area is 144 Å². The van der Waals surface area contributed by atoms with Gasteiger partial charge in [0.2, 0.25) is 5.88 Å². The van der Waals surface area contributed by atoms with Crippen LogP contribution in [0.15, 0.2) is 35.2 Å². The van der Waals surface area contributed by atoms with E-state index in [0.29, 0.717) is 11.9 Å². The molecule has 1 fully saturated rings. The lowest BCUT2D eigenvalue weighted by molar-refractivity contribution is 0.191. The van der Waals surface area contributed by atoms with E-state index in [4.69, 9.17) is 9.15 Å². The van der Waals surface area contributed by atoms with Gasteiger partial charge in [-0.3, -0.25) is 4.90 Å². The van der Waals surface area contributed by atoms with Gasteiger partial charge >= 0.3 is 0 Å². The zero-order chi connectivity index (χ0) is 16.5. The van der Waals surface area contributed by atoms with Crippen LogP contribution in [0.25, 0.3) is 11.0 Å². The molecule has 2 atom stereocenters. The maximum absolute atomic E-state index is 6.17. The van der Waals surface area contributed by atoms with Crippen molar-refractivity contribution >= 4 is 27.4 Å². The first-order valence-electron chi connectivity index (χ1n) is 8.08. The molecule has 2 unspecified atom stereocenters. The SMILES string of the molecule is CNc1ncc(CN2CC(Oc3nccc4occc34)CC2C)s1. The zero-order valence-electron chi connectivity index (χ0n) is 13.7. The van der Waals surface area contributed by atoms with Crippen molar-refractivity contribution < 1.29 is 9.15 Å². The number of fused-ring (bicyclic) bond motifs is 1. The van der Waals surface area contributed by atoms with Crippen LogP contribution in [-0.4, -0.2) is 40.6 Å². The second kappa shape index (κ2) is 6.41. The normalized spacial score (nSPS) is 21.4. The molecular weight excluding hydrogens is 324 g/mol. The average Bonchev–Trinajstić information content (AvgIpc) is 3.29. The number of ether oxygens (including phenoxy) is 1. The summed E-state index contributed by atoms with van der Waals surface area (Å²) >= 11 is 1.70. The molecule has 24 heavy (non-hydrogen) atoms. The predicted molar refractivity (Wildman–Crippen MR) is 94.6 cm³/mol. The van der Waals surface area contributed by atoms with Crippen LogP contribution in [0.3, 0.4) is 0 Å². The highest BCUT2D eigenvalue weighted by Gasteiger charge is 2.31. The summed E-state index contributed by atoms with van der Waals surface area (Å²) in [6, 6.07) is 4.23. The third-order valence-electron chi connectivity index (χ3n) is 4.41. The number of furan rings is 1. The second-order valence-electron chi connectivity index (χ2n) is 6.08. The van der Waals surface area contributed by atoms with Crippen molar-refractivity contribution in [3.05, 3.63) is 35.7 Å². The number of aromatic nitrogens is 2.